The standard InChI is InChI=1S/C22H18N4O3S/c1-15-20-18(12-19(27)24(15)14-17-8-5-10-29-17)25(13-16-6-3-2-4-7-16)26(21(20)28)22-23-9-11-30-22/h2-12H,13-14H2,1H3. The van der Waals surface area contributed by atoms with Gasteiger partial charge in [0.2, 0.25) is 5.13 Å². The molecule has 0 saturated carbocycles. The quantitative estimate of drug-likeness (QED) is 0.438. The van der Waals surface area contributed by atoms with Crippen LogP contribution in [0.1, 0.15) is 17.0 Å². The largest absolute Gasteiger partial charge is 0.467 e. The van der Waals surface area contributed by atoms with Crippen LogP contribution in [0.3, 0.4) is 0 Å². The van der Waals surface area contributed by atoms with E-state index in [4.69, 9.17) is 4.42 Å². The lowest BCUT2D eigenvalue weighted by molar-refractivity contribution is 0.487. The molecule has 0 radical (unpaired) electrons. The molecule has 0 spiro atoms. The zero-order valence-corrected chi connectivity index (χ0v) is 17.0. The molecule has 0 atom stereocenters. The van der Waals surface area contributed by atoms with E-state index < -0.39 is 0 Å². The fourth-order valence-corrected chi connectivity index (χ4v) is 4.37. The summed E-state index contributed by atoms with van der Waals surface area (Å²) >= 11 is 1.38. The van der Waals surface area contributed by atoms with Crippen LogP contribution in [0.25, 0.3) is 16.0 Å². The van der Waals surface area contributed by atoms with Crippen LogP contribution >= 0.6 is 11.3 Å². The summed E-state index contributed by atoms with van der Waals surface area (Å²) in [6, 6.07) is 15.0. The van der Waals surface area contributed by atoms with Gasteiger partial charge in [0.15, 0.2) is 0 Å². The lowest BCUT2D eigenvalue weighted by atomic mass is 10.2. The van der Waals surface area contributed by atoms with Gasteiger partial charge in [-0.2, -0.15) is 4.68 Å². The highest BCUT2D eigenvalue weighted by Gasteiger charge is 2.21. The summed E-state index contributed by atoms with van der Waals surface area (Å²) in [6.07, 6.45) is 3.24. The van der Waals surface area contributed by atoms with Gasteiger partial charge >= 0.3 is 0 Å². The summed E-state index contributed by atoms with van der Waals surface area (Å²) in [5.74, 6) is 0.656. The molecule has 4 heterocycles. The van der Waals surface area contributed by atoms with E-state index in [9.17, 15) is 9.59 Å². The highest BCUT2D eigenvalue weighted by Crippen LogP contribution is 2.20. The average molecular weight is 418 g/mol. The first-order valence-electron chi connectivity index (χ1n) is 9.45. The lowest BCUT2D eigenvalue weighted by Crippen LogP contribution is -2.23. The second kappa shape index (κ2) is 7.31. The number of pyridine rings is 1. The maximum atomic E-state index is 13.5. The van der Waals surface area contributed by atoms with Gasteiger partial charge in [-0.25, -0.2) is 4.98 Å². The van der Waals surface area contributed by atoms with Crippen molar-refractivity contribution in [1.29, 1.82) is 0 Å². The van der Waals surface area contributed by atoms with Crippen LogP contribution in [0.4, 0.5) is 0 Å². The van der Waals surface area contributed by atoms with Crippen molar-refractivity contribution < 1.29 is 4.42 Å². The maximum Gasteiger partial charge on any atom is 0.283 e. The minimum atomic E-state index is -0.193. The van der Waals surface area contributed by atoms with Gasteiger partial charge in [0, 0.05) is 23.3 Å². The van der Waals surface area contributed by atoms with Gasteiger partial charge in [0.1, 0.15) is 5.76 Å². The molecule has 0 fully saturated rings. The first-order valence-corrected chi connectivity index (χ1v) is 10.3. The molecule has 0 amide bonds. The molecule has 0 aliphatic heterocycles. The van der Waals surface area contributed by atoms with Crippen LogP contribution in [0.2, 0.25) is 0 Å². The summed E-state index contributed by atoms with van der Waals surface area (Å²) < 4.78 is 10.4. The number of furan rings is 1. The summed E-state index contributed by atoms with van der Waals surface area (Å²) in [5, 5.41) is 2.90. The van der Waals surface area contributed by atoms with Crippen molar-refractivity contribution in [3.63, 3.8) is 0 Å². The molecule has 0 aliphatic rings. The molecule has 0 saturated heterocycles. The molecule has 0 unspecified atom stereocenters. The van der Waals surface area contributed by atoms with Crippen molar-refractivity contribution in [2.24, 2.45) is 0 Å². The molecule has 150 valence electrons. The van der Waals surface area contributed by atoms with Crippen LogP contribution in [0.5, 0.6) is 0 Å². The van der Waals surface area contributed by atoms with Gasteiger partial charge in [-0.1, -0.05) is 30.3 Å². The highest BCUT2D eigenvalue weighted by atomic mass is 32.1. The summed E-state index contributed by atoms with van der Waals surface area (Å²) in [7, 11) is 0. The van der Waals surface area contributed by atoms with Gasteiger partial charge in [0.05, 0.1) is 30.3 Å². The van der Waals surface area contributed by atoms with E-state index in [0.717, 1.165) is 5.56 Å². The number of hydrogen-bond donors (Lipinski definition) is 0. The number of aryl methyl sites for hydroxylation is 1. The molecule has 7 nitrogen and oxygen atoms in total. The fraction of sp³-hybridized carbons (Fsp3) is 0.136. The predicted octanol–water partition coefficient (Wildman–Crippen LogP) is 3.41. The van der Waals surface area contributed by atoms with E-state index in [0.29, 0.717) is 34.0 Å². The third kappa shape index (κ3) is 3.02. The van der Waals surface area contributed by atoms with Crippen LogP contribution in [-0.4, -0.2) is 18.9 Å². The number of fused-ring (bicyclic) bond motifs is 1. The molecule has 0 bridgehead atoms. The summed E-state index contributed by atoms with van der Waals surface area (Å²) in [5.41, 5.74) is 1.85. The number of thiazole rings is 1. The topological polar surface area (TPSA) is 75.0 Å². The average Bonchev–Trinajstić information content (AvgIpc) is 3.49. The van der Waals surface area contributed by atoms with E-state index >= 15 is 0 Å². The van der Waals surface area contributed by atoms with Crippen molar-refractivity contribution in [3.05, 3.63) is 104 Å². The minimum absolute atomic E-state index is 0.186. The smallest absolute Gasteiger partial charge is 0.283 e. The van der Waals surface area contributed by atoms with Gasteiger partial charge in [-0.05, 0) is 24.6 Å². The van der Waals surface area contributed by atoms with E-state index in [1.54, 1.807) is 34.7 Å². The maximum absolute atomic E-state index is 13.5. The van der Waals surface area contributed by atoms with E-state index in [2.05, 4.69) is 4.98 Å². The predicted molar refractivity (Wildman–Crippen MR) is 116 cm³/mol. The van der Waals surface area contributed by atoms with Crippen molar-refractivity contribution in [3.8, 4) is 5.13 Å². The van der Waals surface area contributed by atoms with Gasteiger partial charge in [0.25, 0.3) is 11.1 Å². The summed E-state index contributed by atoms with van der Waals surface area (Å²) in [4.78, 5) is 30.8. The van der Waals surface area contributed by atoms with Crippen LogP contribution in [-0.2, 0) is 13.1 Å². The van der Waals surface area contributed by atoms with Crippen molar-refractivity contribution in [2.75, 3.05) is 0 Å². The molecule has 5 rings (SSSR count). The van der Waals surface area contributed by atoms with Gasteiger partial charge in [-0.3, -0.25) is 14.3 Å². The van der Waals surface area contributed by atoms with Crippen LogP contribution in [0.15, 0.2) is 80.4 Å². The molecule has 4 aromatic heterocycles. The first kappa shape index (κ1) is 18.4. The van der Waals surface area contributed by atoms with E-state index in [-0.39, 0.29) is 17.7 Å². The summed E-state index contributed by atoms with van der Waals surface area (Å²) in [6.45, 7) is 2.52. The Morgan fingerprint density at radius 2 is 1.90 bits per heavy atom. The SMILES string of the molecule is Cc1c2c(=O)n(-c3nccs3)n(Cc3ccccc3)c2cc(=O)n1Cc1ccco1. The molecule has 5 aromatic rings. The second-order valence-corrected chi connectivity index (χ2v) is 7.84. The number of aromatic nitrogens is 4. The number of benzene rings is 1. The van der Waals surface area contributed by atoms with E-state index in [1.165, 1.54) is 17.4 Å². The zero-order chi connectivity index (χ0) is 20.7. The van der Waals surface area contributed by atoms with Crippen molar-refractivity contribution >= 4 is 22.2 Å². The molecular weight excluding hydrogens is 400 g/mol. The monoisotopic (exact) mass is 418 g/mol. The van der Waals surface area contributed by atoms with Crippen LogP contribution in [0, 0.1) is 6.92 Å². The van der Waals surface area contributed by atoms with Crippen molar-refractivity contribution in [2.45, 2.75) is 20.0 Å². The van der Waals surface area contributed by atoms with Gasteiger partial charge in [-0.15, -0.1) is 11.3 Å². The number of nitrogens with zero attached hydrogens (tertiary/aromatic N) is 4. The zero-order valence-electron chi connectivity index (χ0n) is 16.2. The molecule has 8 heteroatoms. The Morgan fingerprint density at radius 1 is 1.07 bits per heavy atom. The first-order chi connectivity index (χ1) is 14.6. The molecule has 0 N–H and O–H groups in total. The lowest BCUT2D eigenvalue weighted by Gasteiger charge is -2.12. The fourth-order valence-electron chi connectivity index (χ4n) is 3.72. The molecular formula is C22H18N4O3S. The Kier molecular flexibility index (Phi) is 4.48. The molecule has 1 aromatic carbocycles. The third-order valence-electron chi connectivity index (χ3n) is 5.14. The van der Waals surface area contributed by atoms with E-state index in [1.807, 2.05) is 46.5 Å². The van der Waals surface area contributed by atoms with Crippen molar-refractivity contribution in [1.82, 2.24) is 18.9 Å². The normalized spacial score (nSPS) is 11.4. The Morgan fingerprint density at radius 3 is 2.60 bits per heavy atom. The Balaban J connectivity index is 1.78. The molecule has 0 aliphatic carbocycles. The highest BCUT2D eigenvalue weighted by molar-refractivity contribution is 7.12. The van der Waals surface area contributed by atoms with Gasteiger partial charge < -0.3 is 8.98 Å². The molecule has 30 heavy (non-hydrogen) atoms. The Hall–Kier alpha value is -3.65. The minimum Gasteiger partial charge on any atom is -0.467 e. The third-order valence-corrected chi connectivity index (χ3v) is 5.89. The Bertz CT molecular complexity index is 1430. The Labute approximate surface area is 175 Å². The number of hydrogen-bond acceptors (Lipinski definition) is 5. The number of rotatable bonds is 5. The van der Waals surface area contributed by atoms with Crippen LogP contribution < -0.4 is 11.1 Å². The second-order valence-electron chi connectivity index (χ2n) is 6.97.